The van der Waals surface area contributed by atoms with Crippen molar-refractivity contribution in [1.29, 1.82) is 0 Å². The Bertz CT molecular complexity index is 1470. The summed E-state index contributed by atoms with van der Waals surface area (Å²) in [6, 6.07) is 25.4. The maximum absolute atomic E-state index is 13.7. The highest BCUT2D eigenvalue weighted by Gasteiger charge is 2.51. The van der Waals surface area contributed by atoms with Crippen molar-refractivity contribution < 1.29 is 23.5 Å². The molecule has 3 aromatic carbocycles. The van der Waals surface area contributed by atoms with Gasteiger partial charge in [-0.15, -0.1) is 0 Å². The first-order chi connectivity index (χ1) is 21.4. The molecule has 46 heavy (non-hydrogen) atoms. The molecule has 1 aliphatic rings. The second-order valence-electron chi connectivity index (χ2n) is 14.3. The lowest BCUT2D eigenvalue weighted by Gasteiger charge is -2.46. The molecule has 2 atom stereocenters. The number of rotatable bonds is 8. The average Bonchev–Trinajstić information content (AvgIpc) is 2.98. The van der Waals surface area contributed by atoms with Crippen molar-refractivity contribution in [3.8, 4) is 0 Å². The van der Waals surface area contributed by atoms with E-state index in [9.17, 15) is 9.59 Å². The fraction of sp³-hybridized carbons (Fsp3) is 0.444. The van der Waals surface area contributed by atoms with Crippen molar-refractivity contribution in [3.63, 3.8) is 0 Å². The van der Waals surface area contributed by atoms with Crippen LogP contribution in [0, 0.1) is 0 Å². The van der Waals surface area contributed by atoms with Crippen molar-refractivity contribution in [1.82, 2.24) is 10.2 Å². The van der Waals surface area contributed by atoms with Crippen LogP contribution < -0.4 is 15.7 Å². The number of hydrogen-bond donors (Lipinski definition) is 1. The lowest BCUT2D eigenvalue weighted by Crippen LogP contribution is -2.68. The Hall–Kier alpha value is -2.88. The summed E-state index contributed by atoms with van der Waals surface area (Å²) >= 11 is 12.4. The molecule has 0 aliphatic carbocycles. The standard InChI is InChI=1S/C36H46Cl2N2O5Si/c1-34(2,3)45-33(42)40-22-31(32(41)39-36(7,8)25-19-20-29(37)30(38)21-25)43-23-26(40)24-44-46(35(4,5)6,27-15-11-9-12-16-27)28-17-13-10-14-18-28/h9-21,26,31H,22-24H2,1-8H3,(H,39,41)/t26-,31-/m0/s1. The third kappa shape index (κ3) is 8.15. The molecule has 1 heterocycles. The normalized spacial score (nSPS) is 17.8. The van der Waals surface area contributed by atoms with E-state index in [4.69, 9.17) is 37.1 Å². The summed E-state index contributed by atoms with van der Waals surface area (Å²) in [5, 5.41) is 5.91. The number of amides is 2. The minimum atomic E-state index is -2.90. The molecule has 7 nitrogen and oxygen atoms in total. The van der Waals surface area contributed by atoms with E-state index in [1.807, 2.05) is 77.1 Å². The number of ether oxygens (including phenoxy) is 2. The molecule has 0 bridgehead atoms. The van der Waals surface area contributed by atoms with Crippen molar-refractivity contribution in [3.05, 3.63) is 94.5 Å². The molecular weight excluding hydrogens is 639 g/mol. The summed E-state index contributed by atoms with van der Waals surface area (Å²) in [6.45, 7) is 16.1. The van der Waals surface area contributed by atoms with Gasteiger partial charge in [0.15, 0.2) is 6.10 Å². The third-order valence-corrected chi connectivity index (χ3v) is 13.9. The highest BCUT2D eigenvalue weighted by molar-refractivity contribution is 6.99. The topological polar surface area (TPSA) is 77.1 Å². The summed E-state index contributed by atoms with van der Waals surface area (Å²) in [4.78, 5) is 28.9. The molecule has 2 amide bonds. The SMILES string of the molecule is CC(C)(C)OC(=O)N1C[C@@H](C(=O)NC(C)(C)c2ccc(Cl)c(Cl)c2)OC[C@H]1CO[Si](c1ccccc1)(c1ccccc1)C(C)(C)C. The predicted octanol–water partition coefficient (Wildman–Crippen LogP) is 6.93. The Labute approximate surface area is 284 Å². The smallest absolute Gasteiger partial charge is 0.410 e. The van der Waals surface area contributed by atoms with E-state index in [0.29, 0.717) is 10.0 Å². The van der Waals surface area contributed by atoms with E-state index >= 15 is 0 Å². The van der Waals surface area contributed by atoms with Crippen molar-refractivity contribution in [2.75, 3.05) is 19.8 Å². The van der Waals surface area contributed by atoms with Crippen LogP contribution in [-0.2, 0) is 24.2 Å². The molecule has 248 valence electrons. The van der Waals surface area contributed by atoms with Gasteiger partial charge in [-0.3, -0.25) is 9.69 Å². The number of hydrogen-bond acceptors (Lipinski definition) is 5. The number of morpholine rings is 1. The van der Waals surface area contributed by atoms with E-state index in [0.717, 1.165) is 15.9 Å². The van der Waals surface area contributed by atoms with Crippen LogP contribution >= 0.6 is 23.2 Å². The number of nitrogens with one attached hydrogen (secondary N) is 1. The van der Waals surface area contributed by atoms with Gasteiger partial charge >= 0.3 is 6.09 Å². The van der Waals surface area contributed by atoms with Gasteiger partial charge in [-0.05, 0) is 67.7 Å². The molecule has 1 fully saturated rings. The van der Waals surface area contributed by atoms with Crippen LogP contribution in [0.5, 0.6) is 0 Å². The zero-order valence-electron chi connectivity index (χ0n) is 28.0. The Morgan fingerprint density at radius 3 is 1.93 bits per heavy atom. The highest BCUT2D eigenvalue weighted by Crippen LogP contribution is 2.37. The Balaban J connectivity index is 1.62. The summed E-state index contributed by atoms with van der Waals surface area (Å²) < 4.78 is 19.2. The molecule has 0 saturated carbocycles. The molecule has 1 N–H and O–H groups in total. The van der Waals surface area contributed by atoms with E-state index in [1.54, 1.807) is 17.0 Å². The number of benzene rings is 3. The third-order valence-electron chi connectivity index (χ3n) is 8.20. The quantitative estimate of drug-likeness (QED) is 0.261. The van der Waals surface area contributed by atoms with Gasteiger partial charge in [0.05, 0.1) is 41.4 Å². The summed E-state index contributed by atoms with van der Waals surface area (Å²) in [6.07, 6.45) is -1.44. The number of carbonyl (C=O) groups is 2. The van der Waals surface area contributed by atoms with Crippen LogP contribution in [0.15, 0.2) is 78.9 Å². The predicted molar refractivity (Wildman–Crippen MR) is 188 cm³/mol. The lowest BCUT2D eigenvalue weighted by molar-refractivity contribution is -0.144. The number of halogens is 2. The van der Waals surface area contributed by atoms with Gasteiger partial charge in [0.25, 0.3) is 14.2 Å². The highest BCUT2D eigenvalue weighted by atomic mass is 35.5. The first-order valence-corrected chi connectivity index (χ1v) is 18.2. The summed E-state index contributed by atoms with van der Waals surface area (Å²) in [7, 11) is -2.90. The molecule has 0 aromatic heterocycles. The van der Waals surface area contributed by atoms with E-state index in [2.05, 4.69) is 50.4 Å². The molecule has 0 unspecified atom stereocenters. The number of carbonyl (C=O) groups excluding carboxylic acids is 2. The van der Waals surface area contributed by atoms with Gasteiger partial charge in [-0.1, -0.05) is 111 Å². The first-order valence-electron chi connectivity index (χ1n) is 15.6. The second kappa shape index (κ2) is 14.1. The molecule has 1 saturated heterocycles. The Morgan fingerprint density at radius 2 is 1.43 bits per heavy atom. The number of nitrogens with zero attached hydrogens (tertiary/aromatic N) is 1. The van der Waals surface area contributed by atoms with Crippen LogP contribution in [0.3, 0.4) is 0 Å². The molecule has 3 aromatic rings. The molecule has 0 radical (unpaired) electrons. The van der Waals surface area contributed by atoms with E-state index in [-0.39, 0.29) is 30.7 Å². The molecular formula is C36H46Cl2N2O5Si. The molecule has 4 rings (SSSR count). The second-order valence-corrected chi connectivity index (χ2v) is 19.4. The van der Waals surface area contributed by atoms with Gasteiger partial charge in [0, 0.05) is 0 Å². The van der Waals surface area contributed by atoms with Crippen LogP contribution in [0.1, 0.15) is 61.0 Å². The Kier molecular flexibility index (Phi) is 11.0. The minimum absolute atomic E-state index is 0.00692. The van der Waals surface area contributed by atoms with E-state index < -0.39 is 37.7 Å². The average molecular weight is 686 g/mol. The minimum Gasteiger partial charge on any atom is -0.444 e. The zero-order valence-corrected chi connectivity index (χ0v) is 30.5. The van der Waals surface area contributed by atoms with Crippen LogP contribution in [0.25, 0.3) is 0 Å². The van der Waals surface area contributed by atoms with Gasteiger partial charge in [0.2, 0.25) is 0 Å². The molecule has 0 spiro atoms. The lowest BCUT2D eigenvalue weighted by atomic mass is 9.94. The van der Waals surface area contributed by atoms with Gasteiger partial charge in [0.1, 0.15) is 5.60 Å². The summed E-state index contributed by atoms with van der Waals surface area (Å²) in [5.74, 6) is -0.351. The van der Waals surface area contributed by atoms with Crippen LogP contribution in [-0.4, -0.2) is 62.7 Å². The maximum atomic E-state index is 13.7. The summed E-state index contributed by atoms with van der Waals surface area (Å²) in [5.41, 5.74) is -0.729. The van der Waals surface area contributed by atoms with Gasteiger partial charge < -0.3 is 19.2 Å². The van der Waals surface area contributed by atoms with E-state index in [1.165, 1.54) is 0 Å². The van der Waals surface area contributed by atoms with Crippen molar-refractivity contribution in [2.24, 2.45) is 0 Å². The first kappa shape index (κ1) is 36.0. The largest absolute Gasteiger partial charge is 0.444 e. The van der Waals surface area contributed by atoms with Crippen molar-refractivity contribution >= 4 is 53.9 Å². The van der Waals surface area contributed by atoms with Crippen molar-refractivity contribution in [2.45, 2.75) is 83.7 Å². The van der Waals surface area contributed by atoms with Gasteiger partial charge in [-0.25, -0.2) is 4.79 Å². The monoisotopic (exact) mass is 684 g/mol. The fourth-order valence-electron chi connectivity index (χ4n) is 5.87. The van der Waals surface area contributed by atoms with Crippen LogP contribution in [0.2, 0.25) is 15.1 Å². The zero-order chi connectivity index (χ0) is 33.9. The molecule has 10 heteroatoms. The Morgan fingerprint density at radius 1 is 0.870 bits per heavy atom. The molecule has 1 aliphatic heterocycles. The fourth-order valence-corrected chi connectivity index (χ4v) is 10.8. The van der Waals surface area contributed by atoms with Gasteiger partial charge in [-0.2, -0.15) is 0 Å². The van der Waals surface area contributed by atoms with Crippen LogP contribution in [0.4, 0.5) is 4.79 Å². The maximum Gasteiger partial charge on any atom is 0.410 e.